The van der Waals surface area contributed by atoms with E-state index >= 15 is 0 Å². The molecule has 0 aliphatic rings. The largest absolute Gasteiger partial charge is 0.369 e. The van der Waals surface area contributed by atoms with Gasteiger partial charge < -0.3 is 11.5 Å². The van der Waals surface area contributed by atoms with Crippen LogP contribution in [0.25, 0.3) is 0 Å². The van der Waals surface area contributed by atoms with Crippen molar-refractivity contribution in [1.29, 1.82) is 0 Å². The van der Waals surface area contributed by atoms with Crippen LogP contribution in [0.2, 0.25) is 0 Å². The fraction of sp³-hybridized carbons (Fsp3) is 0.200. The molecule has 0 aliphatic carbocycles. The number of hydrogen-bond donors (Lipinski definition) is 2. The van der Waals surface area contributed by atoms with Crippen LogP contribution < -0.4 is 11.5 Å². The van der Waals surface area contributed by atoms with Gasteiger partial charge in [-0.3, -0.25) is 0 Å². The number of benzene rings is 1. The van der Waals surface area contributed by atoms with Crippen molar-refractivity contribution >= 4 is 11.7 Å². The first-order chi connectivity index (χ1) is 6.68. The van der Waals surface area contributed by atoms with E-state index in [9.17, 15) is 0 Å². The molecule has 1 aromatic carbocycles. The van der Waals surface area contributed by atoms with E-state index in [-0.39, 0.29) is 5.96 Å². The maximum Gasteiger partial charge on any atom is 0.211 e. The van der Waals surface area contributed by atoms with Gasteiger partial charge in [0, 0.05) is 12.1 Å². The molecule has 74 valence electrons. The van der Waals surface area contributed by atoms with Crippen molar-refractivity contribution in [2.45, 2.75) is 13.3 Å². The highest BCUT2D eigenvalue weighted by Crippen LogP contribution is 2.00. The summed E-state index contributed by atoms with van der Waals surface area (Å²) in [6.07, 6.45) is 0.762. The molecule has 0 spiro atoms. The fourth-order valence-electron chi connectivity index (χ4n) is 1.07. The molecule has 0 aromatic heterocycles. The van der Waals surface area contributed by atoms with Crippen LogP contribution in [0.4, 0.5) is 0 Å². The maximum absolute atomic E-state index is 5.15. The summed E-state index contributed by atoms with van der Waals surface area (Å²) in [5.74, 6) is -0.0163. The van der Waals surface area contributed by atoms with Gasteiger partial charge in [-0.1, -0.05) is 30.3 Å². The molecular weight excluding hydrogens is 176 g/mol. The molecule has 0 heterocycles. The number of hydrogen-bond acceptors (Lipinski definition) is 2. The molecule has 14 heavy (non-hydrogen) atoms. The molecule has 0 amide bonds. The molecule has 1 rings (SSSR count). The van der Waals surface area contributed by atoms with Gasteiger partial charge in [-0.25, -0.2) is 0 Å². The fourth-order valence-corrected chi connectivity index (χ4v) is 1.07. The minimum atomic E-state index is -0.0163. The van der Waals surface area contributed by atoms with E-state index in [0.29, 0.717) is 0 Å². The van der Waals surface area contributed by atoms with E-state index in [4.69, 9.17) is 11.5 Å². The smallest absolute Gasteiger partial charge is 0.211 e. The van der Waals surface area contributed by atoms with Crippen LogP contribution in [0, 0.1) is 0 Å². The predicted molar refractivity (Wildman–Crippen MR) is 59.1 cm³/mol. The summed E-state index contributed by atoms with van der Waals surface area (Å²) in [7, 11) is 0. The van der Waals surface area contributed by atoms with Gasteiger partial charge in [0.2, 0.25) is 5.96 Å². The summed E-state index contributed by atoms with van der Waals surface area (Å²) >= 11 is 0. The molecule has 0 aliphatic heterocycles. The van der Waals surface area contributed by atoms with Crippen LogP contribution in [-0.4, -0.2) is 11.7 Å². The average molecular weight is 190 g/mol. The Labute approximate surface area is 83.3 Å². The summed E-state index contributed by atoms with van der Waals surface area (Å²) in [5.41, 5.74) is 12.4. The monoisotopic (exact) mass is 190 g/mol. The lowest BCUT2D eigenvalue weighted by atomic mass is 10.1. The molecule has 0 saturated heterocycles. The zero-order chi connectivity index (χ0) is 10.4. The van der Waals surface area contributed by atoms with Crippen molar-refractivity contribution < 1.29 is 0 Å². The zero-order valence-electron chi connectivity index (χ0n) is 8.14. The lowest BCUT2D eigenvalue weighted by Gasteiger charge is -1.98. The van der Waals surface area contributed by atoms with E-state index in [1.807, 2.05) is 37.3 Å². The van der Waals surface area contributed by atoms with Gasteiger partial charge in [-0.05, 0) is 12.5 Å². The summed E-state index contributed by atoms with van der Waals surface area (Å²) < 4.78 is 0. The van der Waals surface area contributed by atoms with Gasteiger partial charge in [0.15, 0.2) is 0 Å². The molecule has 0 unspecified atom stereocenters. The number of nitrogens with two attached hydrogens (primary N) is 2. The Morgan fingerprint density at radius 1 is 1.14 bits per heavy atom. The Bertz CT molecular complexity index is 336. The van der Waals surface area contributed by atoms with Crippen molar-refractivity contribution in [3.63, 3.8) is 0 Å². The SMILES string of the molecule is C/C(Cc1ccccc1)=N/N=C(N)N. The standard InChI is InChI=1S/C10H14N4/c1-8(13-14-10(11)12)7-9-5-3-2-4-6-9/h2-6H,7H2,1H3,(H4,11,12,14)/b13-8-. The predicted octanol–water partition coefficient (Wildman–Crippen LogP) is 0.878. The van der Waals surface area contributed by atoms with Gasteiger partial charge in [-0.15, -0.1) is 5.10 Å². The highest BCUT2D eigenvalue weighted by Gasteiger charge is 1.94. The molecule has 1 aromatic rings. The van der Waals surface area contributed by atoms with Gasteiger partial charge >= 0.3 is 0 Å². The Morgan fingerprint density at radius 3 is 2.36 bits per heavy atom. The average Bonchev–Trinajstić information content (AvgIpc) is 2.16. The van der Waals surface area contributed by atoms with E-state index < -0.39 is 0 Å². The highest BCUT2D eigenvalue weighted by molar-refractivity contribution is 5.85. The second-order valence-electron chi connectivity index (χ2n) is 3.02. The second kappa shape index (κ2) is 5.01. The van der Waals surface area contributed by atoms with E-state index in [2.05, 4.69) is 10.2 Å². The van der Waals surface area contributed by atoms with E-state index in [1.54, 1.807) is 0 Å². The van der Waals surface area contributed by atoms with Crippen LogP contribution in [0.5, 0.6) is 0 Å². The van der Waals surface area contributed by atoms with Crippen molar-refractivity contribution in [2.24, 2.45) is 21.7 Å². The summed E-state index contributed by atoms with van der Waals surface area (Å²) in [6, 6.07) is 10.0. The molecule has 0 radical (unpaired) electrons. The van der Waals surface area contributed by atoms with E-state index in [0.717, 1.165) is 12.1 Å². The maximum atomic E-state index is 5.15. The summed E-state index contributed by atoms with van der Waals surface area (Å²) in [4.78, 5) is 0. The Hall–Kier alpha value is -1.84. The molecule has 0 atom stereocenters. The van der Waals surface area contributed by atoms with Crippen LogP contribution >= 0.6 is 0 Å². The van der Waals surface area contributed by atoms with Crippen LogP contribution in [0.1, 0.15) is 12.5 Å². The van der Waals surface area contributed by atoms with Gasteiger partial charge in [-0.2, -0.15) is 5.10 Å². The quantitative estimate of drug-likeness (QED) is 0.421. The zero-order valence-corrected chi connectivity index (χ0v) is 8.14. The van der Waals surface area contributed by atoms with Crippen molar-refractivity contribution in [3.05, 3.63) is 35.9 Å². The topological polar surface area (TPSA) is 76.8 Å². The first-order valence-corrected chi connectivity index (χ1v) is 4.34. The summed E-state index contributed by atoms with van der Waals surface area (Å²) in [5, 5.41) is 7.45. The third-order valence-corrected chi connectivity index (χ3v) is 1.64. The van der Waals surface area contributed by atoms with Gasteiger partial charge in [0.25, 0.3) is 0 Å². The molecule has 0 bridgehead atoms. The first kappa shape index (κ1) is 10.2. The van der Waals surface area contributed by atoms with Crippen molar-refractivity contribution in [3.8, 4) is 0 Å². The van der Waals surface area contributed by atoms with Gasteiger partial charge in [0.05, 0.1) is 0 Å². The lowest BCUT2D eigenvalue weighted by Crippen LogP contribution is -2.22. The van der Waals surface area contributed by atoms with Crippen LogP contribution in [-0.2, 0) is 6.42 Å². The third-order valence-electron chi connectivity index (χ3n) is 1.64. The molecule has 0 fully saturated rings. The van der Waals surface area contributed by atoms with Gasteiger partial charge in [0.1, 0.15) is 0 Å². The third kappa shape index (κ3) is 3.71. The minimum absolute atomic E-state index is 0.0163. The normalized spacial score (nSPS) is 11.1. The van der Waals surface area contributed by atoms with Crippen LogP contribution in [0.15, 0.2) is 40.5 Å². The van der Waals surface area contributed by atoms with Crippen LogP contribution in [0.3, 0.4) is 0 Å². The lowest BCUT2D eigenvalue weighted by molar-refractivity contribution is 1.16. The number of rotatable bonds is 3. The Morgan fingerprint density at radius 2 is 1.79 bits per heavy atom. The molecular formula is C10H14N4. The van der Waals surface area contributed by atoms with Crippen molar-refractivity contribution in [1.82, 2.24) is 0 Å². The number of nitrogens with zero attached hydrogens (tertiary/aromatic N) is 2. The Kier molecular flexibility index (Phi) is 3.67. The van der Waals surface area contributed by atoms with Crippen molar-refractivity contribution in [2.75, 3.05) is 0 Å². The molecule has 0 saturated carbocycles. The molecule has 4 N–H and O–H groups in total. The molecule has 4 heteroatoms. The Balaban J connectivity index is 2.62. The second-order valence-corrected chi connectivity index (χ2v) is 3.02. The minimum Gasteiger partial charge on any atom is -0.369 e. The summed E-state index contributed by atoms with van der Waals surface area (Å²) in [6.45, 7) is 1.89. The number of guanidine groups is 1. The molecule has 4 nitrogen and oxygen atoms in total. The van der Waals surface area contributed by atoms with E-state index in [1.165, 1.54) is 5.56 Å². The first-order valence-electron chi connectivity index (χ1n) is 4.34. The highest BCUT2D eigenvalue weighted by atomic mass is 15.3.